The van der Waals surface area contributed by atoms with Crippen LogP contribution in [0.25, 0.3) is 0 Å². The SMILES string of the molecule is Cc1cccc(C(=O)C2CCCC2)c1. The highest BCUT2D eigenvalue weighted by molar-refractivity contribution is 5.98. The van der Waals surface area contributed by atoms with E-state index in [1.165, 1.54) is 18.4 Å². The first-order valence-corrected chi connectivity index (χ1v) is 5.38. The van der Waals surface area contributed by atoms with Crippen molar-refractivity contribution >= 4 is 5.78 Å². The van der Waals surface area contributed by atoms with Crippen molar-refractivity contribution in [3.05, 3.63) is 35.4 Å². The van der Waals surface area contributed by atoms with E-state index in [4.69, 9.17) is 0 Å². The van der Waals surface area contributed by atoms with Gasteiger partial charge in [0.1, 0.15) is 0 Å². The molecule has 0 aromatic heterocycles. The van der Waals surface area contributed by atoms with Gasteiger partial charge in [0.25, 0.3) is 0 Å². The molecule has 0 N–H and O–H groups in total. The van der Waals surface area contributed by atoms with Gasteiger partial charge in [-0.2, -0.15) is 0 Å². The molecule has 14 heavy (non-hydrogen) atoms. The third-order valence-electron chi connectivity index (χ3n) is 3.03. The summed E-state index contributed by atoms with van der Waals surface area (Å²) >= 11 is 0. The van der Waals surface area contributed by atoms with Crippen molar-refractivity contribution in [3.63, 3.8) is 0 Å². The van der Waals surface area contributed by atoms with Crippen LogP contribution in [0, 0.1) is 12.8 Å². The van der Waals surface area contributed by atoms with Gasteiger partial charge in [-0.15, -0.1) is 0 Å². The van der Waals surface area contributed by atoms with Crippen molar-refractivity contribution in [2.45, 2.75) is 32.6 Å². The number of carbonyl (C=O) groups excluding carboxylic acids is 1. The van der Waals surface area contributed by atoms with Crippen molar-refractivity contribution in [2.24, 2.45) is 5.92 Å². The van der Waals surface area contributed by atoms with E-state index >= 15 is 0 Å². The molecule has 0 unspecified atom stereocenters. The first kappa shape index (κ1) is 9.45. The van der Waals surface area contributed by atoms with Crippen LogP contribution in [0.4, 0.5) is 0 Å². The first-order chi connectivity index (χ1) is 6.77. The quantitative estimate of drug-likeness (QED) is 0.650. The third kappa shape index (κ3) is 1.87. The van der Waals surface area contributed by atoms with Crippen molar-refractivity contribution in [2.75, 3.05) is 0 Å². The number of Topliss-reactive ketones (excluding diaryl/α,β-unsaturated/α-hetero) is 1. The van der Waals surface area contributed by atoms with Crippen LogP contribution in [-0.2, 0) is 0 Å². The van der Waals surface area contributed by atoms with Gasteiger partial charge in [-0.05, 0) is 25.8 Å². The van der Waals surface area contributed by atoms with Crippen LogP contribution in [0.2, 0.25) is 0 Å². The molecule has 1 heteroatoms. The largest absolute Gasteiger partial charge is 0.294 e. The van der Waals surface area contributed by atoms with Crippen LogP contribution < -0.4 is 0 Å². The summed E-state index contributed by atoms with van der Waals surface area (Å²) in [5, 5.41) is 0. The lowest BCUT2D eigenvalue weighted by Crippen LogP contribution is -2.10. The van der Waals surface area contributed by atoms with E-state index in [0.717, 1.165) is 18.4 Å². The molecule has 1 aromatic carbocycles. The normalized spacial score (nSPS) is 17.2. The lowest BCUT2D eigenvalue weighted by Gasteiger charge is -2.07. The fourth-order valence-corrected chi connectivity index (χ4v) is 2.22. The lowest BCUT2D eigenvalue weighted by atomic mass is 9.95. The predicted molar refractivity (Wildman–Crippen MR) is 57.5 cm³/mol. The van der Waals surface area contributed by atoms with E-state index < -0.39 is 0 Å². The molecule has 0 saturated heterocycles. The number of hydrogen-bond donors (Lipinski definition) is 0. The Balaban J connectivity index is 2.17. The first-order valence-electron chi connectivity index (χ1n) is 5.38. The maximum Gasteiger partial charge on any atom is 0.165 e. The summed E-state index contributed by atoms with van der Waals surface area (Å²) in [6, 6.07) is 7.94. The highest BCUT2D eigenvalue weighted by Gasteiger charge is 2.23. The van der Waals surface area contributed by atoms with Crippen LogP contribution in [0.1, 0.15) is 41.6 Å². The second-order valence-corrected chi connectivity index (χ2v) is 4.22. The Morgan fingerprint density at radius 1 is 1.29 bits per heavy atom. The van der Waals surface area contributed by atoms with E-state index in [1.807, 2.05) is 31.2 Å². The average molecular weight is 188 g/mol. The van der Waals surface area contributed by atoms with Gasteiger partial charge in [0, 0.05) is 11.5 Å². The molecule has 0 atom stereocenters. The Hall–Kier alpha value is -1.11. The highest BCUT2D eigenvalue weighted by Crippen LogP contribution is 2.28. The Bertz CT molecular complexity index is 335. The number of aryl methyl sites for hydroxylation is 1. The fourth-order valence-electron chi connectivity index (χ4n) is 2.22. The maximum atomic E-state index is 12.0. The van der Waals surface area contributed by atoms with Gasteiger partial charge < -0.3 is 0 Å². The molecule has 1 aliphatic rings. The van der Waals surface area contributed by atoms with Crippen LogP contribution in [-0.4, -0.2) is 5.78 Å². The molecule has 0 aliphatic heterocycles. The summed E-state index contributed by atoms with van der Waals surface area (Å²) in [6.07, 6.45) is 4.63. The van der Waals surface area contributed by atoms with Crippen molar-refractivity contribution in [1.82, 2.24) is 0 Å². The number of rotatable bonds is 2. The van der Waals surface area contributed by atoms with E-state index in [1.54, 1.807) is 0 Å². The van der Waals surface area contributed by atoms with Gasteiger partial charge in [-0.1, -0.05) is 36.6 Å². The van der Waals surface area contributed by atoms with Crippen molar-refractivity contribution in [1.29, 1.82) is 0 Å². The van der Waals surface area contributed by atoms with Crippen molar-refractivity contribution in [3.8, 4) is 0 Å². The number of carbonyl (C=O) groups is 1. The third-order valence-corrected chi connectivity index (χ3v) is 3.03. The second-order valence-electron chi connectivity index (χ2n) is 4.22. The molecular formula is C13H16O. The molecule has 1 aromatic rings. The second kappa shape index (κ2) is 3.95. The van der Waals surface area contributed by atoms with Gasteiger partial charge in [-0.3, -0.25) is 4.79 Å². The summed E-state index contributed by atoms with van der Waals surface area (Å²) in [6.45, 7) is 2.03. The molecule has 0 heterocycles. The van der Waals surface area contributed by atoms with Crippen LogP contribution in [0.5, 0.6) is 0 Å². The molecule has 1 fully saturated rings. The highest BCUT2D eigenvalue weighted by atomic mass is 16.1. The molecule has 2 rings (SSSR count). The summed E-state index contributed by atoms with van der Waals surface area (Å²) in [5.41, 5.74) is 2.07. The predicted octanol–water partition coefficient (Wildman–Crippen LogP) is 3.37. The van der Waals surface area contributed by atoms with E-state index in [2.05, 4.69) is 0 Å². The Labute approximate surface area is 85.1 Å². The standard InChI is InChI=1S/C13H16O/c1-10-5-4-8-12(9-10)13(14)11-6-2-3-7-11/h4-5,8-9,11H,2-3,6-7H2,1H3. The topological polar surface area (TPSA) is 17.1 Å². The van der Waals surface area contributed by atoms with Gasteiger partial charge in [0.15, 0.2) is 5.78 Å². The van der Waals surface area contributed by atoms with Gasteiger partial charge in [-0.25, -0.2) is 0 Å². The Kier molecular flexibility index (Phi) is 2.67. The van der Waals surface area contributed by atoms with E-state index in [-0.39, 0.29) is 0 Å². The van der Waals surface area contributed by atoms with Crippen LogP contribution in [0.15, 0.2) is 24.3 Å². The molecule has 0 radical (unpaired) electrons. The van der Waals surface area contributed by atoms with Gasteiger partial charge in [0.2, 0.25) is 0 Å². The molecule has 0 amide bonds. The number of benzene rings is 1. The van der Waals surface area contributed by atoms with Gasteiger partial charge in [0.05, 0.1) is 0 Å². The molecular weight excluding hydrogens is 172 g/mol. The minimum absolute atomic E-state index is 0.303. The summed E-state index contributed by atoms with van der Waals surface area (Å²) in [4.78, 5) is 12.0. The zero-order valence-corrected chi connectivity index (χ0v) is 8.62. The minimum Gasteiger partial charge on any atom is -0.294 e. The molecule has 0 spiro atoms. The Morgan fingerprint density at radius 3 is 2.64 bits per heavy atom. The van der Waals surface area contributed by atoms with Gasteiger partial charge >= 0.3 is 0 Å². The number of hydrogen-bond acceptors (Lipinski definition) is 1. The van der Waals surface area contributed by atoms with Crippen LogP contribution in [0.3, 0.4) is 0 Å². The minimum atomic E-state index is 0.303. The smallest absolute Gasteiger partial charge is 0.165 e. The molecule has 1 aliphatic carbocycles. The average Bonchev–Trinajstić information content (AvgIpc) is 2.69. The fraction of sp³-hybridized carbons (Fsp3) is 0.462. The maximum absolute atomic E-state index is 12.0. The van der Waals surface area contributed by atoms with E-state index in [0.29, 0.717) is 11.7 Å². The summed E-state index contributed by atoms with van der Waals surface area (Å²) in [7, 11) is 0. The molecule has 1 nitrogen and oxygen atoms in total. The zero-order valence-electron chi connectivity index (χ0n) is 8.62. The summed E-state index contributed by atoms with van der Waals surface area (Å²) in [5.74, 6) is 0.656. The van der Waals surface area contributed by atoms with Crippen molar-refractivity contribution < 1.29 is 4.79 Å². The summed E-state index contributed by atoms with van der Waals surface area (Å²) < 4.78 is 0. The van der Waals surface area contributed by atoms with E-state index in [9.17, 15) is 4.79 Å². The molecule has 0 bridgehead atoms. The number of ketones is 1. The van der Waals surface area contributed by atoms with Crippen LogP contribution >= 0.6 is 0 Å². The lowest BCUT2D eigenvalue weighted by molar-refractivity contribution is 0.0923. The molecule has 1 saturated carbocycles. The Morgan fingerprint density at radius 2 is 2.00 bits per heavy atom. The zero-order chi connectivity index (χ0) is 9.97. The monoisotopic (exact) mass is 188 g/mol. The molecule has 74 valence electrons.